The van der Waals surface area contributed by atoms with Gasteiger partial charge in [-0.25, -0.2) is 4.79 Å². The van der Waals surface area contributed by atoms with Crippen molar-refractivity contribution >= 4 is 17.6 Å². The lowest BCUT2D eigenvalue weighted by molar-refractivity contribution is -0.132. The van der Waals surface area contributed by atoms with E-state index in [2.05, 4.69) is 0 Å². The molecule has 0 bridgehead atoms. The van der Waals surface area contributed by atoms with Crippen molar-refractivity contribution in [1.82, 2.24) is 0 Å². The van der Waals surface area contributed by atoms with Gasteiger partial charge in [-0.3, -0.25) is 0 Å². The molecule has 0 aliphatic carbocycles. The Kier molecular flexibility index (Phi) is 3.26. The van der Waals surface area contributed by atoms with E-state index in [9.17, 15) is 4.79 Å². The van der Waals surface area contributed by atoms with E-state index in [0.717, 1.165) is 6.08 Å². The maximum Gasteiger partial charge on any atom is 0.339 e. The molecule has 0 rings (SSSR count). The fraction of sp³-hybridized carbons (Fsp3) is 0. The normalized spacial score (nSPS) is 10.8. The number of carboxylic acids is 1. The van der Waals surface area contributed by atoms with E-state index in [1.165, 1.54) is 0 Å². The maximum absolute atomic E-state index is 10.3. The molecule has 6 heteroatoms. The summed E-state index contributed by atoms with van der Waals surface area (Å²) in [6, 6.07) is 0. The van der Waals surface area contributed by atoms with E-state index >= 15 is 0 Å². The molecule has 0 amide bonds. The molecule has 5 nitrogen and oxygen atoms in total. The summed E-state index contributed by atoms with van der Waals surface area (Å²) >= 11 is 5.19. The first kappa shape index (κ1) is 9.64. The Morgan fingerprint density at radius 3 is 1.91 bits per heavy atom. The van der Waals surface area contributed by atoms with Crippen molar-refractivity contribution in [1.29, 1.82) is 0 Å². The molecule has 0 spiro atoms. The number of halogens is 1. The highest BCUT2D eigenvalue weighted by Gasteiger charge is 2.07. The van der Waals surface area contributed by atoms with Gasteiger partial charge in [-0.15, -0.1) is 0 Å². The fourth-order valence-electron chi connectivity index (χ4n) is 0.406. The van der Waals surface area contributed by atoms with E-state index in [1.54, 1.807) is 0 Å². The molecule has 0 radical (unpaired) electrons. The van der Waals surface area contributed by atoms with Crippen LogP contribution in [0.2, 0.25) is 0 Å². The van der Waals surface area contributed by atoms with Crippen molar-refractivity contribution in [2.75, 3.05) is 0 Å². The summed E-state index contributed by atoms with van der Waals surface area (Å²) in [5, 5.41) is 8.23. The van der Waals surface area contributed by atoms with Gasteiger partial charge in [0.2, 0.25) is 0 Å². The van der Waals surface area contributed by atoms with E-state index in [-0.39, 0.29) is 16.6 Å². The standard InChI is InChI=1S/C5H8ClN3O2/c6-3(7)1-2(4(8)9)5(10)11/h1H,7-9H2,(H,10,11)/b3-1-. The lowest BCUT2D eigenvalue weighted by Gasteiger charge is -1.97. The molecule has 0 aliphatic rings. The Hall–Kier alpha value is -1.36. The number of rotatable bonds is 2. The zero-order chi connectivity index (χ0) is 9.02. The summed E-state index contributed by atoms with van der Waals surface area (Å²) in [6.45, 7) is 0. The van der Waals surface area contributed by atoms with Crippen LogP contribution < -0.4 is 17.2 Å². The van der Waals surface area contributed by atoms with Crippen LogP contribution in [0.25, 0.3) is 0 Å². The predicted octanol–water partition coefficient (Wildman–Crippen LogP) is -0.761. The molecule has 0 aromatic heterocycles. The largest absolute Gasteiger partial charge is 0.478 e. The zero-order valence-corrected chi connectivity index (χ0v) is 6.30. The van der Waals surface area contributed by atoms with Crippen LogP contribution in [0.5, 0.6) is 0 Å². The van der Waals surface area contributed by atoms with E-state index in [1.807, 2.05) is 0 Å². The smallest absolute Gasteiger partial charge is 0.339 e. The molecular formula is C5H8ClN3O2. The van der Waals surface area contributed by atoms with Gasteiger partial charge in [0.05, 0.1) is 0 Å². The molecule has 0 aromatic rings. The van der Waals surface area contributed by atoms with Gasteiger partial charge in [-0.2, -0.15) is 0 Å². The molecule has 0 unspecified atom stereocenters. The van der Waals surface area contributed by atoms with Gasteiger partial charge in [0.25, 0.3) is 0 Å². The SMILES string of the molecule is NC(N)=C(/C=C(\N)Cl)C(=O)O. The topological polar surface area (TPSA) is 115 Å². The second-order valence-corrected chi connectivity index (χ2v) is 2.14. The van der Waals surface area contributed by atoms with Gasteiger partial charge >= 0.3 is 5.97 Å². The Labute approximate surface area is 68.1 Å². The van der Waals surface area contributed by atoms with E-state index < -0.39 is 5.97 Å². The van der Waals surface area contributed by atoms with Crippen LogP contribution in [0.15, 0.2) is 22.6 Å². The van der Waals surface area contributed by atoms with E-state index in [4.69, 9.17) is 33.9 Å². The highest BCUT2D eigenvalue weighted by atomic mass is 35.5. The highest BCUT2D eigenvalue weighted by molar-refractivity contribution is 6.29. The van der Waals surface area contributed by atoms with Crippen LogP contribution in [-0.2, 0) is 4.79 Å². The van der Waals surface area contributed by atoms with Gasteiger partial charge in [0, 0.05) is 0 Å². The third-order valence-electron chi connectivity index (χ3n) is 0.824. The molecule has 0 aliphatic heterocycles. The lowest BCUT2D eigenvalue weighted by Crippen LogP contribution is -2.16. The second-order valence-electron chi connectivity index (χ2n) is 1.70. The Balaban J connectivity index is 4.81. The van der Waals surface area contributed by atoms with Crippen molar-refractivity contribution < 1.29 is 9.90 Å². The summed E-state index contributed by atoms with van der Waals surface area (Å²) in [5.74, 6) is -1.60. The Morgan fingerprint density at radius 2 is 1.82 bits per heavy atom. The molecule has 0 atom stereocenters. The number of carbonyl (C=O) groups is 1. The Bertz CT molecular complexity index is 226. The lowest BCUT2D eigenvalue weighted by atomic mass is 10.2. The minimum atomic E-state index is -1.27. The van der Waals surface area contributed by atoms with Gasteiger partial charge in [0.1, 0.15) is 16.6 Å². The first-order valence-electron chi connectivity index (χ1n) is 2.56. The number of hydrogen-bond donors (Lipinski definition) is 4. The average molecular weight is 178 g/mol. The summed E-state index contributed by atoms with van der Waals surface area (Å²) in [5.41, 5.74) is 14.7. The van der Waals surface area contributed by atoms with Crippen LogP contribution in [0, 0.1) is 0 Å². The first-order chi connectivity index (χ1) is 4.95. The van der Waals surface area contributed by atoms with Crippen molar-refractivity contribution in [3.63, 3.8) is 0 Å². The maximum atomic E-state index is 10.3. The van der Waals surface area contributed by atoms with Gasteiger partial charge in [0.15, 0.2) is 0 Å². The van der Waals surface area contributed by atoms with Crippen LogP contribution >= 0.6 is 11.6 Å². The summed E-state index contributed by atoms with van der Waals surface area (Å²) in [6.07, 6.45) is 0.971. The monoisotopic (exact) mass is 177 g/mol. The molecule has 0 saturated carbocycles. The third kappa shape index (κ3) is 3.36. The van der Waals surface area contributed by atoms with Crippen LogP contribution in [0.3, 0.4) is 0 Å². The van der Waals surface area contributed by atoms with Gasteiger partial charge in [-0.1, -0.05) is 11.6 Å². The van der Waals surface area contributed by atoms with Crippen molar-refractivity contribution in [3.05, 3.63) is 22.6 Å². The number of hydrogen-bond acceptors (Lipinski definition) is 4. The molecule has 7 N–H and O–H groups in total. The van der Waals surface area contributed by atoms with Crippen molar-refractivity contribution in [2.24, 2.45) is 17.2 Å². The fourth-order valence-corrected chi connectivity index (χ4v) is 0.516. The summed E-state index contributed by atoms with van der Waals surface area (Å²) in [7, 11) is 0. The van der Waals surface area contributed by atoms with Crippen LogP contribution in [0.4, 0.5) is 0 Å². The van der Waals surface area contributed by atoms with Crippen molar-refractivity contribution in [2.45, 2.75) is 0 Å². The number of carboxylic acid groups (broad SMARTS) is 1. The molecule has 0 aromatic carbocycles. The minimum absolute atomic E-state index is 0.184. The summed E-state index contributed by atoms with van der Waals surface area (Å²) in [4.78, 5) is 10.3. The number of aliphatic carboxylic acids is 1. The Morgan fingerprint density at radius 1 is 1.36 bits per heavy atom. The second kappa shape index (κ2) is 3.72. The molecular weight excluding hydrogens is 170 g/mol. The molecule has 0 heterocycles. The molecule has 62 valence electrons. The summed E-state index contributed by atoms with van der Waals surface area (Å²) < 4.78 is 0. The quantitative estimate of drug-likeness (QED) is 0.251. The highest BCUT2D eigenvalue weighted by Crippen LogP contribution is 2.02. The molecule has 11 heavy (non-hydrogen) atoms. The zero-order valence-electron chi connectivity index (χ0n) is 5.54. The van der Waals surface area contributed by atoms with Crippen molar-refractivity contribution in [3.8, 4) is 0 Å². The molecule has 0 fully saturated rings. The molecule has 0 saturated heterocycles. The van der Waals surface area contributed by atoms with Crippen LogP contribution in [-0.4, -0.2) is 11.1 Å². The van der Waals surface area contributed by atoms with Gasteiger partial charge in [-0.05, 0) is 6.08 Å². The van der Waals surface area contributed by atoms with E-state index in [0.29, 0.717) is 0 Å². The van der Waals surface area contributed by atoms with Gasteiger partial charge < -0.3 is 22.3 Å². The third-order valence-corrected chi connectivity index (χ3v) is 0.933. The van der Waals surface area contributed by atoms with Crippen LogP contribution in [0.1, 0.15) is 0 Å². The predicted molar refractivity (Wildman–Crippen MR) is 41.2 cm³/mol. The number of nitrogens with two attached hydrogens (primary N) is 3. The first-order valence-corrected chi connectivity index (χ1v) is 2.94. The average Bonchev–Trinajstić information content (AvgIpc) is 1.81. The minimum Gasteiger partial charge on any atom is -0.478 e.